The minimum absolute atomic E-state index is 0. The summed E-state index contributed by atoms with van der Waals surface area (Å²) in [5.41, 5.74) is 8.20. The van der Waals surface area contributed by atoms with Gasteiger partial charge in [0.05, 0.1) is 23.1 Å². The number of hydrogen-bond acceptors (Lipinski definition) is 3. The number of carbonyl (C=O) groups is 1. The van der Waals surface area contributed by atoms with Crippen LogP contribution in [0.1, 0.15) is 28.9 Å². The molecule has 5 nitrogen and oxygen atoms in total. The molecule has 0 atom stereocenters. The van der Waals surface area contributed by atoms with Crippen LogP contribution >= 0.6 is 24.0 Å². The molecule has 0 aliphatic carbocycles. The van der Waals surface area contributed by atoms with E-state index in [-0.39, 0.29) is 24.4 Å². The minimum Gasteiger partial charge on any atom is -0.338 e. The molecular formula is C16H20Cl2N4O. The van der Waals surface area contributed by atoms with Gasteiger partial charge in [-0.25, -0.2) is 4.68 Å². The lowest BCUT2D eigenvalue weighted by molar-refractivity contribution is 0.0714. The van der Waals surface area contributed by atoms with Gasteiger partial charge in [-0.15, -0.1) is 12.4 Å². The quantitative estimate of drug-likeness (QED) is 0.901. The van der Waals surface area contributed by atoms with Crippen molar-refractivity contribution in [1.82, 2.24) is 14.7 Å². The van der Waals surface area contributed by atoms with Gasteiger partial charge in [0, 0.05) is 24.2 Å². The lowest BCUT2D eigenvalue weighted by Gasteiger charge is -2.30. The standard InChI is InChI=1S/C16H19ClN4O.ClH/c1-11-15(16(22)20-7-5-13(18)6-8-20)10-19-21(11)14-4-2-3-12(17)9-14;/h2-4,9-10,13H,5-8,18H2,1H3;1H. The number of amides is 1. The van der Waals surface area contributed by atoms with Crippen molar-refractivity contribution in [3.8, 4) is 5.69 Å². The Bertz CT molecular complexity index is 693. The van der Waals surface area contributed by atoms with E-state index >= 15 is 0 Å². The van der Waals surface area contributed by atoms with Gasteiger partial charge in [0.15, 0.2) is 0 Å². The Kier molecular flexibility index (Phi) is 5.68. The molecule has 2 aromatic rings. The normalized spacial score (nSPS) is 15.3. The molecule has 2 heterocycles. The van der Waals surface area contributed by atoms with Gasteiger partial charge in [0.2, 0.25) is 0 Å². The number of piperidine rings is 1. The Hall–Kier alpha value is -1.56. The van der Waals surface area contributed by atoms with Crippen molar-refractivity contribution in [2.24, 2.45) is 5.73 Å². The molecule has 1 aliphatic rings. The van der Waals surface area contributed by atoms with Gasteiger partial charge < -0.3 is 10.6 Å². The van der Waals surface area contributed by atoms with Crippen LogP contribution in [0.25, 0.3) is 5.69 Å². The molecular weight excluding hydrogens is 335 g/mol. The van der Waals surface area contributed by atoms with Crippen molar-refractivity contribution >= 4 is 29.9 Å². The van der Waals surface area contributed by atoms with Crippen LogP contribution in [0.4, 0.5) is 0 Å². The lowest BCUT2D eigenvalue weighted by Crippen LogP contribution is -2.42. The van der Waals surface area contributed by atoms with Crippen molar-refractivity contribution in [1.29, 1.82) is 0 Å². The summed E-state index contributed by atoms with van der Waals surface area (Å²) < 4.78 is 1.74. The van der Waals surface area contributed by atoms with Crippen LogP contribution in [0.5, 0.6) is 0 Å². The first-order chi connectivity index (χ1) is 10.6. The zero-order valence-electron chi connectivity index (χ0n) is 12.9. The number of halogens is 2. The number of rotatable bonds is 2. The molecule has 0 radical (unpaired) electrons. The molecule has 1 aromatic heterocycles. The van der Waals surface area contributed by atoms with Gasteiger partial charge in [-0.1, -0.05) is 17.7 Å². The van der Waals surface area contributed by atoms with Gasteiger partial charge >= 0.3 is 0 Å². The Morgan fingerprint density at radius 2 is 2.04 bits per heavy atom. The Labute approximate surface area is 146 Å². The van der Waals surface area contributed by atoms with E-state index < -0.39 is 0 Å². The van der Waals surface area contributed by atoms with Gasteiger partial charge in [-0.2, -0.15) is 5.10 Å². The molecule has 0 spiro atoms. The summed E-state index contributed by atoms with van der Waals surface area (Å²) >= 11 is 6.02. The van der Waals surface area contributed by atoms with Gasteiger partial charge in [0.1, 0.15) is 0 Å². The van der Waals surface area contributed by atoms with Crippen LogP contribution < -0.4 is 5.73 Å². The summed E-state index contributed by atoms with van der Waals surface area (Å²) in [5.74, 6) is 0.0256. The summed E-state index contributed by atoms with van der Waals surface area (Å²) in [4.78, 5) is 14.5. The molecule has 0 bridgehead atoms. The number of benzene rings is 1. The smallest absolute Gasteiger partial charge is 0.257 e. The van der Waals surface area contributed by atoms with Crippen molar-refractivity contribution in [3.05, 3.63) is 46.7 Å². The first kappa shape index (κ1) is 17.8. The second-order valence-corrected chi connectivity index (χ2v) is 6.10. The maximum atomic E-state index is 12.6. The zero-order chi connectivity index (χ0) is 15.7. The third kappa shape index (κ3) is 3.68. The molecule has 23 heavy (non-hydrogen) atoms. The van der Waals surface area contributed by atoms with Crippen LogP contribution in [0.15, 0.2) is 30.5 Å². The highest BCUT2D eigenvalue weighted by atomic mass is 35.5. The summed E-state index contributed by atoms with van der Waals surface area (Å²) in [6.45, 7) is 3.32. The van der Waals surface area contributed by atoms with E-state index in [1.807, 2.05) is 36.1 Å². The number of nitrogens with two attached hydrogens (primary N) is 1. The van der Waals surface area contributed by atoms with Crippen LogP contribution in [0, 0.1) is 6.92 Å². The zero-order valence-corrected chi connectivity index (χ0v) is 14.5. The summed E-state index contributed by atoms with van der Waals surface area (Å²) in [7, 11) is 0. The topological polar surface area (TPSA) is 64.2 Å². The van der Waals surface area contributed by atoms with E-state index in [0.29, 0.717) is 23.7 Å². The van der Waals surface area contributed by atoms with Gasteiger partial charge in [-0.05, 0) is 38.0 Å². The van der Waals surface area contributed by atoms with Crippen LogP contribution in [0.2, 0.25) is 5.02 Å². The summed E-state index contributed by atoms with van der Waals surface area (Å²) in [6.07, 6.45) is 3.34. The van der Waals surface area contributed by atoms with E-state index in [4.69, 9.17) is 17.3 Å². The maximum Gasteiger partial charge on any atom is 0.257 e. The molecule has 0 saturated carbocycles. The summed E-state index contributed by atoms with van der Waals surface area (Å²) in [5, 5.41) is 4.99. The SMILES string of the molecule is Cc1c(C(=O)N2CCC(N)CC2)cnn1-c1cccc(Cl)c1.Cl. The second-order valence-electron chi connectivity index (χ2n) is 5.66. The van der Waals surface area contributed by atoms with Crippen LogP contribution in [-0.4, -0.2) is 39.7 Å². The van der Waals surface area contributed by atoms with E-state index in [1.165, 1.54) is 0 Å². The predicted octanol–water partition coefficient (Wildman–Crippen LogP) is 2.82. The minimum atomic E-state index is 0. The van der Waals surface area contributed by atoms with Crippen LogP contribution in [0.3, 0.4) is 0 Å². The Morgan fingerprint density at radius 3 is 2.70 bits per heavy atom. The molecule has 3 rings (SSSR count). The van der Waals surface area contributed by atoms with Crippen LogP contribution in [-0.2, 0) is 0 Å². The van der Waals surface area contributed by atoms with Gasteiger partial charge in [-0.3, -0.25) is 4.79 Å². The highest BCUT2D eigenvalue weighted by Gasteiger charge is 2.24. The molecule has 1 saturated heterocycles. The monoisotopic (exact) mass is 354 g/mol. The number of nitrogens with zero attached hydrogens (tertiary/aromatic N) is 3. The van der Waals surface area contributed by atoms with Crippen molar-refractivity contribution < 1.29 is 4.79 Å². The lowest BCUT2D eigenvalue weighted by atomic mass is 10.1. The summed E-state index contributed by atoms with van der Waals surface area (Å²) in [6, 6.07) is 7.63. The largest absolute Gasteiger partial charge is 0.338 e. The fraction of sp³-hybridized carbons (Fsp3) is 0.375. The fourth-order valence-corrected chi connectivity index (χ4v) is 2.95. The van der Waals surface area contributed by atoms with E-state index in [1.54, 1.807) is 10.9 Å². The molecule has 1 amide bonds. The first-order valence-electron chi connectivity index (χ1n) is 7.41. The molecule has 0 unspecified atom stereocenters. The fourth-order valence-electron chi connectivity index (χ4n) is 2.76. The Balaban J connectivity index is 0.00000192. The van der Waals surface area contributed by atoms with Gasteiger partial charge in [0.25, 0.3) is 5.91 Å². The molecule has 124 valence electrons. The number of aromatic nitrogens is 2. The molecule has 7 heteroatoms. The second kappa shape index (κ2) is 7.34. The number of carbonyl (C=O) groups excluding carboxylic acids is 1. The van der Waals surface area contributed by atoms with E-state index in [9.17, 15) is 4.79 Å². The third-order valence-electron chi connectivity index (χ3n) is 4.12. The average Bonchev–Trinajstić information content (AvgIpc) is 2.89. The highest BCUT2D eigenvalue weighted by Crippen LogP contribution is 2.20. The maximum absolute atomic E-state index is 12.6. The average molecular weight is 355 g/mol. The molecule has 1 aromatic carbocycles. The van der Waals surface area contributed by atoms with Crippen molar-refractivity contribution in [2.75, 3.05) is 13.1 Å². The molecule has 2 N–H and O–H groups in total. The number of likely N-dealkylation sites (tertiary alicyclic amines) is 1. The first-order valence-corrected chi connectivity index (χ1v) is 7.79. The van der Waals surface area contributed by atoms with Crippen molar-refractivity contribution in [3.63, 3.8) is 0 Å². The van der Waals surface area contributed by atoms with Crippen molar-refractivity contribution in [2.45, 2.75) is 25.8 Å². The Morgan fingerprint density at radius 1 is 1.35 bits per heavy atom. The predicted molar refractivity (Wildman–Crippen MR) is 93.7 cm³/mol. The molecule has 1 fully saturated rings. The van der Waals surface area contributed by atoms with E-state index in [2.05, 4.69) is 5.10 Å². The number of hydrogen-bond donors (Lipinski definition) is 1. The molecule has 1 aliphatic heterocycles. The third-order valence-corrected chi connectivity index (χ3v) is 4.35. The highest BCUT2D eigenvalue weighted by molar-refractivity contribution is 6.30. The van der Waals surface area contributed by atoms with E-state index in [0.717, 1.165) is 24.2 Å².